The van der Waals surface area contributed by atoms with Crippen molar-refractivity contribution in [2.45, 2.75) is 121 Å². The smallest absolute Gasteiger partial charge is 0.314 e. The Labute approximate surface area is 250 Å². The van der Waals surface area contributed by atoms with Crippen LogP contribution in [-0.4, -0.2) is 70.9 Å². The van der Waals surface area contributed by atoms with Gasteiger partial charge in [-0.2, -0.15) is 0 Å². The summed E-state index contributed by atoms with van der Waals surface area (Å²) in [4.78, 5) is 50.4. The van der Waals surface area contributed by atoms with E-state index in [1.54, 1.807) is 19.3 Å². The van der Waals surface area contributed by atoms with Gasteiger partial charge >= 0.3 is 23.9 Å². The van der Waals surface area contributed by atoms with Gasteiger partial charge in [0.25, 0.3) is 5.79 Å². The van der Waals surface area contributed by atoms with Crippen molar-refractivity contribution in [3.05, 3.63) is 35.6 Å². The number of carbonyl (C=O) groups excluding carboxylic acids is 4. The number of ether oxygens (including phenoxy) is 7. The van der Waals surface area contributed by atoms with E-state index in [0.717, 1.165) is 24.0 Å². The highest BCUT2D eigenvalue weighted by Gasteiger charge is 2.92. The molecule has 0 spiro atoms. The largest absolute Gasteiger partial charge is 0.464 e. The van der Waals surface area contributed by atoms with Crippen molar-refractivity contribution >= 4 is 23.9 Å². The van der Waals surface area contributed by atoms with Crippen LogP contribution in [0.5, 0.6) is 0 Å². The van der Waals surface area contributed by atoms with Gasteiger partial charge in [-0.1, -0.05) is 25.5 Å². The SMILES string of the molecule is CCC/C=C(\C)C(OC(C)=O)C1C(=O)OC2(C)C(OC(C)=O)CC3C(=COC4(C56OC5(C)CC=CC6OC(C)=O)OC34)C12. The van der Waals surface area contributed by atoms with Gasteiger partial charge in [-0.25, -0.2) is 0 Å². The zero-order valence-electron chi connectivity index (χ0n) is 25.7. The Morgan fingerprint density at radius 2 is 1.81 bits per heavy atom. The van der Waals surface area contributed by atoms with Gasteiger partial charge in [0.2, 0.25) is 5.60 Å². The van der Waals surface area contributed by atoms with Crippen LogP contribution in [0.15, 0.2) is 35.6 Å². The summed E-state index contributed by atoms with van der Waals surface area (Å²) in [5, 5.41) is 0. The number of hydrogen-bond donors (Lipinski definition) is 0. The van der Waals surface area contributed by atoms with Crippen LogP contribution in [0.3, 0.4) is 0 Å². The molecular formula is C32H40O11. The van der Waals surface area contributed by atoms with Crippen molar-refractivity contribution in [3.63, 3.8) is 0 Å². The second kappa shape index (κ2) is 9.92. The van der Waals surface area contributed by atoms with Crippen molar-refractivity contribution in [3.8, 4) is 0 Å². The van der Waals surface area contributed by atoms with Crippen molar-refractivity contribution in [2.75, 3.05) is 0 Å². The number of carbonyl (C=O) groups is 4. The van der Waals surface area contributed by atoms with E-state index < -0.39 is 82.7 Å². The average molecular weight is 601 g/mol. The second-order valence-corrected chi connectivity index (χ2v) is 13.0. The normalized spacial score (nSPS) is 44.2. The highest BCUT2D eigenvalue weighted by Crippen LogP contribution is 2.73. The first kappa shape index (κ1) is 29.9. The Morgan fingerprint density at radius 3 is 2.47 bits per heavy atom. The van der Waals surface area contributed by atoms with E-state index in [1.165, 1.54) is 20.8 Å². The summed E-state index contributed by atoms with van der Waals surface area (Å²) in [6.07, 6.45) is 6.87. The number of rotatable bonds is 8. The van der Waals surface area contributed by atoms with E-state index in [1.807, 2.05) is 32.9 Å². The van der Waals surface area contributed by atoms with Gasteiger partial charge in [0.05, 0.1) is 6.26 Å². The molecular weight excluding hydrogens is 560 g/mol. The molecule has 2 aliphatic carbocycles. The number of unbranched alkanes of at least 4 members (excludes halogenated alkanes) is 1. The van der Waals surface area contributed by atoms with Crippen molar-refractivity contribution in [1.82, 2.24) is 0 Å². The van der Waals surface area contributed by atoms with Crippen molar-refractivity contribution < 1.29 is 52.3 Å². The van der Waals surface area contributed by atoms with Crippen LogP contribution in [0.25, 0.3) is 0 Å². The van der Waals surface area contributed by atoms with E-state index in [2.05, 4.69) is 0 Å². The number of epoxide rings is 2. The van der Waals surface area contributed by atoms with Crippen LogP contribution in [-0.2, 0) is 52.3 Å². The molecule has 0 aromatic heterocycles. The molecule has 1 saturated carbocycles. The Hall–Kier alpha value is -3.18. The molecule has 0 bridgehead atoms. The lowest BCUT2D eigenvalue weighted by Gasteiger charge is -2.47. The van der Waals surface area contributed by atoms with Gasteiger partial charge in [-0.15, -0.1) is 0 Å². The third-order valence-electron chi connectivity index (χ3n) is 10.1. The van der Waals surface area contributed by atoms with Gasteiger partial charge in [-0.05, 0) is 57.3 Å². The lowest BCUT2D eigenvalue weighted by Crippen LogP contribution is -2.59. The molecule has 0 amide bonds. The minimum Gasteiger partial charge on any atom is -0.464 e. The van der Waals surface area contributed by atoms with Gasteiger partial charge < -0.3 is 33.2 Å². The molecule has 4 fully saturated rings. The van der Waals surface area contributed by atoms with Crippen molar-refractivity contribution in [2.24, 2.45) is 17.8 Å². The van der Waals surface area contributed by atoms with E-state index in [4.69, 9.17) is 33.2 Å². The molecule has 4 aliphatic heterocycles. The molecule has 0 aromatic carbocycles. The number of hydrogen-bond acceptors (Lipinski definition) is 11. The molecule has 11 atom stereocenters. The molecule has 0 aromatic rings. The van der Waals surface area contributed by atoms with Crippen LogP contribution >= 0.6 is 0 Å². The minimum absolute atomic E-state index is 0.304. The summed E-state index contributed by atoms with van der Waals surface area (Å²) in [7, 11) is 0. The van der Waals surface area contributed by atoms with Gasteiger partial charge in [0.1, 0.15) is 29.8 Å². The fourth-order valence-corrected chi connectivity index (χ4v) is 8.23. The Balaban J connectivity index is 1.43. The quantitative estimate of drug-likeness (QED) is 0.175. The highest BCUT2D eigenvalue weighted by atomic mass is 16.8. The number of fused-ring (bicyclic) bond motifs is 7. The fourth-order valence-electron chi connectivity index (χ4n) is 8.23. The zero-order valence-corrected chi connectivity index (χ0v) is 25.7. The summed E-state index contributed by atoms with van der Waals surface area (Å²) < 4.78 is 42.7. The maximum absolute atomic E-state index is 13.7. The summed E-state index contributed by atoms with van der Waals surface area (Å²) in [6.45, 7) is 11.6. The summed E-state index contributed by atoms with van der Waals surface area (Å²) in [6, 6.07) is 0. The van der Waals surface area contributed by atoms with E-state index in [0.29, 0.717) is 12.8 Å². The van der Waals surface area contributed by atoms with Crippen LogP contribution < -0.4 is 0 Å². The first-order valence-corrected chi connectivity index (χ1v) is 15.1. The molecule has 11 unspecified atom stereocenters. The minimum atomic E-state index is -1.25. The van der Waals surface area contributed by atoms with Crippen LogP contribution in [0.4, 0.5) is 0 Å². The molecule has 6 rings (SSSR count). The third-order valence-corrected chi connectivity index (χ3v) is 10.1. The standard InChI is InChI=1S/C32H40O11/c1-8-9-11-16(2)26(40-19(5)35)24-25-21-15-37-32(31-22(38-17(3)33)12-10-13-29(31,6)43-31)27(41-32)20(21)14-23(39-18(4)34)30(25,7)42-28(24)36/h10-12,15,20,22-27H,8-9,13-14H2,1-7H3/b16-11+. The van der Waals surface area contributed by atoms with Gasteiger partial charge in [0, 0.05) is 32.6 Å². The average Bonchev–Trinajstić information content (AvgIpc) is 3.78. The number of allylic oxidation sites excluding steroid dienone is 1. The number of esters is 4. The maximum Gasteiger partial charge on any atom is 0.314 e. The van der Waals surface area contributed by atoms with Crippen LogP contribution in [0, 0.1) is 17.8 Å². The van der Waals surface area contributed by atoms with Gasteiger partial charge in [0.15, 0.2) is 11.7 Å². The first-order chi connectivity index (χ1) is 20.2. The zero-order chi connectivity index (χ0) is 31.1. The monoisotopic (exact) mass is 600 g/mol. The first-order valence-electron chi connectivity index (χ1n) is 15.1. The Morgan fingerprint density at radius 1 is 1.09 bits per heavy atom. The van der Waals surface area contributed by atoms with Crippen LogP contribution in [0.2, 0.25) is 0 Å². The predicted molar refractivity (Wildman–Crippen MR) is 148 cm³/mol. The Bertz CT molecular complexity index is 1350. The topological polar surface area (TPSA) is 139 Å². The van der Waals surface area contributed by atoms with E-state index in [-0.39, 0.29) is 5.92 Å². The summed E-state index contributed by atoms with van der Waals surface area (Å²) in [5.74, 6) is -5.19. The van der Waals surface area contributed by atoms with E-state index >= 15 is 0 Å². The second-order valence-electron chi connectivity index (χ2n) is 13.0. The highest BCUT2D eigenvalue weighted by molar-refractivity contribution is 5.80. The molecule has 6 aliphatic rings. The molecule has 43 heavy (non-hydrogen) atoms. The molecule has 3 saturated heterocycles. The summed E-state index contributed by atoms with van der Waals surface area (Å²) >= 11 is 0. The van der Waals surface area contributed by atoms with Crippen molar-refractivity contribution in [1.29, 1.82) is 0 Å². The molecule has 11 nitrogen and oxygen atoms in total. The Kier molecular flexibility index (Phi) is 6.89. The van der Waals surface area contributed by atoms with Gasteiger partial charge in [-0.3, -0.25) is 19.2 Å². The lowest BCUT2D eigenvalue weighted by molar-refractivity contribution is -0.181. The molecule has 11 heteroatoms. The molecule has 0 N–H and O–H groups in total. The van der Waals surface area contributed by atoms with E-state index in [9.17, 15) is 19.2 Å². The molecule has 4 heterocycles. The van der Waals surface area contributed by atoms with Crippen LogP contribution in [0.1, 0.15) is 74.1 Å². The predicted octanol–water partition coefficient (Wildman–Crippen LogP) is 3.59. The maximum atomic E-state index is 13.7. The molecule has 234 valence electrons. The summed E-state index contributed by atoms with van der Waals surface area (Å²) in [5.41, 5.74) is -1.51. The lowest BCUT2D eigenvalue weighted by atomic mass is 9.60. The molecule has 0 radical (unpaired) electrons. The third kappa shape index (κ3) is 4.21. The fraction of sp³-hybridized carbons (Fsp3) is 0.688.